The lowest BCUT2D eigenvalue weighted by molar-refractivity contribution is -0.143. The van der Waals surface area contributed by atoms with Crippen LogP contribution in [0.1, 0.15) is 13.8 Å². The van der Waals surface area contributed by atoms with E-state index in [1.807, 2.05) is 0 Å². The molecule has 0 saturated heterocycles. The van der Waals surface area contributed by atoms with Gasteiger partial charge < -0.3 is 9.84 Å². The number of rotatable bonds is 5. The Bertz CT molecular complexity index is 169. The van der Waals surface area contributed by atoms with E-state index in [4.69, 9.17) is 5.11 Å². The number of carboxylic acid groups (broad SMARTS) is 1. The number of hydrogen-bond donors (Lipinski definition) is 2. The second-order valence-electron chi connectivity index (χ2n) is 2.25. The SMILES string of the molecule is CCOC(=O)CNC(C)C(=O)O. The minimum Gasteiger partial charge on any atom is -0.480 e. The lowest BCUT2D eigenvalue weighted by Gasteiger charge is -2.07. The maximum atomic E-state index is 10.7. The van der Waals surface area contributed by atoms with Gasteiger partial charge in [0.05, 0.1) is 13.2 Å². The Morgan fingerprint density at radius 3 is 2.58 bits per heavy atom. The van der Waals surface area contributed by atoms with E-state index in [2.05, 4.69) is 10.1 Å². The summed E-state index contributed by atoms with van der Waals surface area (Å²) in [6.07, 6.45) is 0. The molecule has 0 bridgehead atoms. The van der Waals surface area contributed by atoms with E-state index in [0.717, 1.165) is 0 Å². The Labute approximate surface area is 70.7 Å². The molecular formula is C7H13NO4. The molecule has 2 N–H and O–H groups in total. The Kier molecular flexibility index (Phi) is 5.03. The van der Waals surface area contributed by atoms with Crippen molar-refractivity contribution in [2.24, 2.45) is 0 Å². The van der Waals surface area contributed by atoms with Crippen molar-refractivity contribution in [1.29, 1.82) is 0 Å². The fourth-order valence-electron chi connectivity index (χ4n) is 0.536. The van der Waals surface area contributed by atoms with Gasteiger partial charge in [-0.1, -0.05) is 0 Å². The van der Waals surface area contributed by atoms with Gasteiger partial charge in [-0.3, -0.25) is 14.9 Å². The Hall–Kier alpha value is -1.10. The van der Waals surface area contributed by atoms with E-state index in [0.29, 0.717) is 6.61 Å². The van der Waals surface area contributed by atoms with Crippen LogP contribution >= 0.6 is 0 Å². The second-order valence-corrected chi connectivity index (χ2v) is 2.25. The monoisotopic (exact) mass is 175 g/mol. The van der Waals surface area contributed by atoms with E-state index < -0.39 is 18.0 Å². The normalized spacial score (nSPS) is 12.2. The van der Waals surface area contributed by atoms with Crippen molar-refractivity contribution in [3.05, 3.63) is 0 Å². The van der Waals surface area contributed by atoms with Gasteiger partial charge in [0.2, 0.25) is 0 Å². The summed E-state index contributed by atoms with van der Waals surface area (Å²) in [6, 6.07) is -0.727. The molecule has 0 fully saturated rings. The first-order valence-electron chi connectivity index (χ1n) is 3.69. The molecular weight excluding hydrogens is 162 g/mol. The van der Waals surface area contributed by atoms with Crippen LogP contribution in [-0.4, -0.2) is 36.2 Å². The maximum absolute atomic E-state index is 10.7. The zero-order valence-electron chi connectivity index (χ0n) is 7.16. The fraction of sp³-hybridized carbons (Fsp3) is 0.714. The highest BCUT2D eigenvalue weighted by Gasteiger charge is 2.11. The average molecular weight is 175 g/mol. The number of ether oxygens (including phenoxy) is 1. The molecule has 0 aliphatic heterocycles. The summed E-state index contributed by atoms with van der Waals surface area (Å²) in [4.78, 5) is 20.9. The molecule has 0 spiro atoms. The molecule has 0 aromatic carbocycles. The van der Waals surface area contributed by atoms with Crippen LogP contribution < -0.4 is 5.32 Å². The third-order valence-corrected chi connectivity index (χ3v) is 1.23. The Balaban J connectivity index is 3.54. The lowest BCUT2D eigenvalue weighted by atomic mass is 10.3. The number of esters is 1. The summed E-state index contributed by atoms with van der Waals surface area (Å²) in [7, 11) is 0. The van der Waals surface area contributed by atoms with Gasteiger partial charge in [0.25, 0.3) is 0 Å². The zero-order chi connectivity index (χ0) is 9.56. The molecule has 0 rings (SSSR count). The highest BCUT2D eigenvalue weighted by Crippen LogP contribution is 1.81. The molecule has 0 aromatic rings. The molecule has 1 atom stereocenters. The van der Waals surface area contributed by atoms with E-state index in [9.17, 15) is 9.59 Å². The molecule has 0 aliphatic rings. The van der Waals surface area contributed by atoms with Crippen LogP contribution in [0.5, 0.6) is 0 Å². The molecule has 0 aliphatic carbocycles. The van der Waals surface area contributed by atoms with Crippen molar-refractivity contribution in [3.8, 4) is 0 Å². The van der Waals surface area contributed by atoms with Crippen LogP contribution in [0, 0.1) is 0 Å². The van der Waals surface area contributed by atoms with Crippen LogP contribution in [0.15, 0.2) is 0 Å². The van der Waals surface area contributed by atoms with Gasteiger partial charge in [-0.15, -0.1) is 0 Å². The largest absolute Gasteiger partial charge is 0.480 e. The first-order valence-corrected chi connectivity index (χ1v) is 3.69. The second kappa shape index (κ2) is 5.54. The number of aliphatic carboxylic acids is 1. The van der Waals surface area contributed by atoms with Crippen molar-refractivity contribution in [3.63, 3.8) is 0 Å². The number of carbonyl (C=O) groups is 2. The van der Waals surface area contributed by atoms with Crippen LogP contribution in [0.4, 0.5) is 0 Å². The molecule has 0 saturated carbocycles. The minimum absolute atomic E-state index is 0.0681. The summed E-state index contributed by atoms with van der Waals surface area (Å²) in [5, 5.41) is 10.9. The van der Waals surface area contributed by atoms with E-state index in [-0.39, 0.29) is 6.54 Å². The molecule has 0 radical (unpaired) electrons. The Morgan fingerprint density at radius 1 is 1.58 bits per heavy atom. The molecule has 70 valence electrons. The molecule has 0 heterocycles. The van der Waals surface area contributed by atoms with E-state index in [1.165, 1.54) is 6.92 Å². The molecule has 12 heavy (non-hydrogen) atoms. The lowest BCUT2D eigenvalue weighted by Crippen LogP contribution is -2.37. The summed E-state index contributed by atoms with van der Waals surface area (Å²) in [5.41, 5.74) is 0. The summed E-state index contributed by atoms with van der Waals surface area (Å²) in [6.45, 7) is 3.39. The van der Waals surface area contributed by atoms with E-state index >= 15 is 0 Å². The van der Waals surface area contributed by atoms with Crippen molar-refractivity contribution >= 4 is 11.9 Å². The van der Waals surface area contributed by atoms with Crippen LogP contribution in [-0.2, 0) is 14.3 Å². The molecule has 1 unspecified atom stereocenters. The number of hydrogen-bond acceptors (Lipinski definition) is 4. The number of nitrogens with one attached hydrogen (secondary N) is 1. The molecule has 0 aromatic heterocycles. The summed E-state index contributed by atoms with van der Waals surface area (Å²) < 4.78 is 4.58. The topological polar surface area (TPSA) is 75.6 Å². The molecule has 0 amide bonds. The highest BCUT2D eigenvalue weighted by molar-refractivity contribution is 5.75. The standard InChI is InChI=1S/C7H13NO4/c1-3-12-6(9)4-8-5(2)7(10)11/h5,8H,3-4H2,1-2H3,(H,10,11). The first kappa shape index (κ1) is 10.9. The van der Waals surface area contributed by atoms with Crippen LogP contribution in [0.25, 0.3) is 0 Å². The average Bonchev–Trinajstić information content (AvgIpc) is 2.00. The van der Waals surface area contributed by atoms with E-state index in [1.54, 1.807) is 6.92 Å². The third kappa shape index (κ3) is 4.68. The molecule has 5 nitrogen and oxygen atoms in total. The van der Waals surface area contributed by atoms with Gasteiger partial charge in [-0.05, 0) is 13.8 Å². The summed E-state index contributed by atoms with van der Waals surface area (Å²) in [5.74, 6) is -1.43. The highest BCUT2D eigenvalue weighted by atomic mass is 16.5. The number of carbonyl (C=O) groups excluding carboxylic acids is 1. The van der Waals surface area contributed by atoms with Crippen molar-refractivity contribution in [2.45, 2.75) is 19.9 Å². The van der Waals surface area contributed by atoms with Crippen LogP contribution in [0.3, 0.4) is 0 Å². The van der Waals surface area contributed by atoms with Crippen LogP contribution in [0.2, 0.25) is 0 Å². The van der Waals surface area contributed by atoms with Gasteiger partial charge in [0.1, 0.15) is 6.04 Å². The predicted molar refractivity (Wildman–Crippen MR) is 41.7 cm³/mol. The van der Waals surface area contributed by atoms with Crippen molar-refractivity contribution in [2.75, 3.05) is 13.2 Å². The van der Waals surface area contributed by atoms with Gasteiger partial charge in [0, 0.05) is 0 Å². The smallest absolute Gasteiger partial charge is 0.320 e. The van der Waals surface area contributed by atoms with Gasteiger partial charge in [-0.2, -0.15) is 0 Å². The minimum atomic E-state index is -0.987. The van der Waals surface area contributed by atoms with Crippen molar-refractivity contribution in [1.82, 2.24) is 5.32 Å². The fourth-order valence-corrected chi connectivity index (χ4v) is 0.536. The van der Waals surface area contributed by atoms with Gasteiger partial charge in [0.15, 0.2) is 0 Å². The first-order chi connectivity index (χ1) is 5.57. The van der Waals surface area contributed by atoms with Crippen molar-refractivity contribution < 1.29 is 19.4 Å². The van der Waals surface area contributed by atoms with Gasteiger partial charge in [-0.25, -0.2) is 0 Å². The predicted octanol–water partition coefficient (Wildman–Crippen LogP) is -0.388. The number of carboxylic acids is 1. The Morgan fingerprint density at radius 2 is 2.17 bits per heavy atom. The zero-order valence-corrected chi connectivity index (χ0v) is 7.16. The maximum Gasteiger partial charge on any atom is 0.320 e. The quantitative estimate of drug-likeness (QED) is 0.557. The molecule has 5 heteroatoms. The summed E-state index contributed by atoms with van der Waals surface area (Å²) >= 11 is 0. The van der Waals surface area contributed by atoms with Gasteiger partial charge >= 0.3 is 11.9 Å². The third-order valence-electron chi connectivity index (χ3n) is 1.23.